The van der Waals surface area contributed by atoms with Crippen molar-refractivity contribution in [2.45, 2.75) is 90.6 Å². The van der Waals surface area contributed by atoms with E-state index in [0.717, 1.165) is 42.9 Å². The molecule has 1 amide bonds. The fourth-order valence-corrected chi connectivity index (χ4v) is 6.35. The van der Waals surface area contributed by atoms with Crippen LogP contribution in [0.5, 0.6) is 0 Å². The van der Waals surface area contributed by atoms with E-state index in [1.54, 1.807) is 19.1 Å². The zero-order chi connectivity index (χ0) is 29.3. The Bertz CT molecular complexity index is 1400. The van der Waals surface area contributed by atoms with E-state index in [-0.39, 0.29) is 29.3 Å². The quantitative estimate of drug-likeness (QED) is 0.439. The van der Waals surface area contributed by atoms with Crippen LogP contribution in [-0.2, 0) is 14.8 Å². The molecule has 1 atom stereocenters. The second-order valence-electron chi connectivity index (χ2n) is 12.0. The monoisotopic (exact) mass is 559 g/mol. The molecule has 1 aliphatic rings. The Labute approximate surface area is 231 Å². The van der Waals surface area contributed by atoms with Gasteiger partial charge in [0.1, 0.15) is 6.04 Å². The molecule has 2 aromatic rings. The van der Waals surface area contributed by atoms with Crippen LogP contribution < -0.4 is 15.6 Å². The van der Waals surface area contributed by atoms with Crippen LogP contribution in [-0.4, -0.2) is 43.1 Å². The zero-order valence-corrected chi connectivity index (χ0v) is 24.7. The van der Waals surface area contributed by atoms with Gasteiger partial charge in [0.15, 0.2) is 4.90 Å². The number of carbonyl (C=O) groups is 2. The second-order valence-corrected chi connectivity index (χ2v) is 13.8. The summed E-state index contributed by atoms with van der Waals surface area (Å²) in [5, 5.41) is 13.2. The fourth-order valence-electron chi connectivity index (χ4n) is 5.31. The summed E-state index contributed by atoms with van der Waals surface area (Å²) in [7, 11) is -3.28. The van der Waals surface area contributed by atoms with E-state index in [9.17, 15) is 27.9 Å². The largest absolute Gasteiger partial charge is 0.480 e. The Balaban J connectivity index is 2.41. The SMILES string of the molecule is CNS(=O)(=O)c1c(C(=O)NC2CCC(C)CC2)c(C)c(-c2ccc(C)cc2)n(C(CC(C)(C)C)C(=O)O)c1=O. The lowest BCUT2D eigenvalue weighted by molar-refractivity contribution is -0.142. The minimum atomic E-state index is -4.44. The number of aryl methyl sites for hydroxylation is 1. The molecule has 1 aromatic heterocycles. The van der Waals surface area contributed by atoms with Crippen molar-refractivity contribution in [2.75, 3.05) is 7.05 Å². The summed E-state index contributed by atoms with van der Waals surface area (Å²) < 4.78 is 29.8. The van der Waals surface area contributed by atoms with Gasteiger partial charge in [-0.25, -0.2) is 17.9 Å². The maximum absolute atomic E-state index is 14.2. The smallest absolute Gasteiger partial charge is 0.326 e. The fraction of sp³-hybridized carbons (Fsp3) is 0.552. The van der Waals surface area contributed by atoms with Crippen molar-refractivity contribution in [2.24, 2.45) is 11.3 Å². The normalized spacial score (nSPS) is 18.9. The van der Waals surface area contributed by atoms with E-state index in [1.165, 1.54) is 0 Å². The summed E-state index contributed by atoms with van der Waals surface area (Å²) >= 11 is 0. The molecule has 39 heavy (non-hydrogen) atoms. The number of nitrogens with one attached hydrogen (secondary N) is 2. The number of carboxylic acids is 1. The Morgan fingerprint density at radius 3 is 2.13 bits per heavy atom. The van der Waals surface area contributed by atoms with Crippen LogP contribution in [0.2, 0.25) is 0 Å². The van der Waals surface area contributed by atoms with Crippen molar-refractivity contribution in [3.63, 3.8) is 0 Å². The molecule has 1 aromatic carbocycles. The third-order valence-electron chi connectivity index (χ3n) is 7.45. The van der Waals surface area contributed by atoms with Crippen LogP contribution in [0.4, 0.5) is 0 Å². The lowest BCUT2D eigenvalue weighted by Gasteiger charge is -2.30. The van der Waals surface area contributed by atoms with Crippen molar-refractivity contribution in [1.29, 1.82) is 0 Å². The van der Waals surface area contributed by atoms with Gasteiger partial charge >= 0.3 is 5.97 Å². The molecule has 0 bridgehead atoms. The molecule has 10 heteroatoms. The predicted octanol–water partition coefficient (Wildman–Crippen LogP) is 4.41. The molecule has 0 aliphatic heterocycles. The van der Waals surface area contributed by atoms with Gasteiger partial charge in [0.2, 0.25) is 10.0 Å². The summed E-state index contributed by atoms with van der Waals surface area (Å²) in [5.41, 5.74) is 0.127. The van der Waals surface area contributed by atoms with E-state index in [4.69, 9.17) is 0 Å². The molecule has 1 saturated carbocycles. The van der Waals surface area contributed by atoms with Crippen molar-refractivity contribution < 1.29 is 23.1 Å². The molecule has 1 fully saturated rings. The highest BCUT2D eigenvalue weighted by Crippen LogP contribution is 2.35. The van der Waals surface area contributed by atoms with Gasteiger partial charge in [0.25, 0.3) is 11.5 Å². The Hall–Kier alpha value is -2.98. The number of carboxylic acid groups (broad SMARTS) is 1. The standard InChI is InChI=1S/C29H41N3O6S/c1-17-8-12-20(13-9-17)24-19(3)23(26(33)31-21-14-10-18(2)11-15-21)25(39(37,38)30-7)27(34)32(24)22(28(35)36)16-29(4,5)6/h8-9,12-13,18,21-22,30H,10-11,14-16H2,1-7H3,(H,31,33)(H,35,36). The van der Waals surface area contributed by atoms with E-state index >= 15 is 0 Å². The van der Waals surface area contributed by atoms with Crippen molar-refractivity contribution in [3.05, 3.63) is 51.3 Å². The van der Waals surface area contributed by atoms with E-state index in [1.807, 2.05) is 39.8 Å². The Morgan fingerprint density at radius 1 is 1.08 bits per heavy atom. The van der Waals surface area contributed by atoms with Gasteiger partial charge in [-0.05, 0) is 75.5 Å². The molecular formula is C29H41N3O6S. The number of benzene rings is 1. The molecule has 0 saturated heterocycles. The van der Waals surface area contributed by atoms with Gasteiger partial charge in [-0.3, -0.25) is 14.2 Å². The predicted molar refractivity (Wildman–Crippen MR) is 151 cm³/mol. The highest BCUT2D eigenvalue weighted by atomic mass is 32.2. The van der Waals surface area contributed by atoms with Crippen molar-refractivity contribution >= 4 is 21.9 Å². The first-order valence-corrected chi connectivity index (χ1v) is 14.9. The minimum Gasteiger partial charge on any atom is -0.480 e. The molecule has 9 nitrogen and oxygen atoms in total. The molecule has 0 spiro atoms. The molecule has 0 radical (unpaired) electrons. The maximum Gasteiger partial charge on any atom is 0.326 e. The number of pyridine rings is 1. The van der Waals surface area contributed by atoms with Crippen LogP contribution in [0.1, 0.15) is 87.3 Å². The Morgan fingerprint density at radius 2 is 1.64 bits per heavy atom. The van der Waals surface area contributed by atoms with Gasteiger partial charge in [-0.15, -0.1) is 0 Å². The number of amides is 1. The molecule has 3 rings (SSSR count). The number of sulfonamides is 1. The first kappa shape index (κ1) is 30.6. The summed E-state index contributed by atoms with van der Waals surface area (Å²) in [6.07, 6.45) is 3.46. The first-order chi connectivity index (χ1) is 18.1. The number of nitrogens with zero attached hydrogens (tertiary/aromatic N) is 1. The van der Waals surface area contributed by atoms with Crippen LogP contribution in [0.15, 0.2) is 34.0 Å². The van der Waals surface area contributed by atoms with Gasteiger partial charge in [-0.2, -0.15) is 0 Å². The summed E-state index contributed by atoms with van der Waals surface area (Å²) in [6, 6.07) is 5.64. The van der Waals surface area contributed by atoms with Crippen LogP contribution in [0.25, 0.3) is 11.3 Å². The second kappa shape index (κ2) is 11.6. The van der Waals surface area contributed by atoms with Crippen LogP contribution >= 0.6 is 0 Å². The third kappa shape index (κ3) is 6.78. The van der Waals surface area contributed by atoms with Gasteiger partial charge in [-0.1, -0.05) is 57.5 Å². The Kier molecular flexibility index (Phi) is 9.12. The number of aliphatic carboxylic acids is 1. The highest BCUT2D eigenvalue weighted by Gasteiger charge is 2.37. The number of hydrogen-bond donors (Lipinski definition) is 3. The molecule has 3 N–H and O–H groups in total. The molecule has 214 valence electrons. The van der Waals surface area contributed by atoms with Gasteiger partial charge < -0.3 is 10.4 Å². The molecule has 1 heterocycles. The molecule has 1 unspecified atom stereocenters. The number of hydrogen-bond acceptors (Lipinski definition) is 5. The van der Waals surface area contributed by atoms with Crippen molar-refractivity contribution in [1.82, 2.24) is 14.6 Å². The zero-order valence-electron chi connectivity index (χ0n) is 23.9. The van der Waals surface area contributed by atoms with Crippen LogP contribution in [0, 0.1) is 25.2 Å². The number of aromatic nitrogens is 1. The lowest BCUT2D eigenvalue weighted by Crippen LogP contribution is -2.43. The summed E-state index contributed by atoms with van der Waals surface area (Å²) in [6.45, 7) is 11.2. The lowest BCUT2D eigenvalue weighted by atomic mass is 9.86. The van der Waals surface area contributed by atoms with Gasteiger partial charge in [0.05, 0.1) is 11.3 Å². The third-order valence-corrected chi connectivity index (χ3v) is 8.91. The summed E-state index contributed by atoms with van der Waals surface area (Å²) in [5.74, 6) is -1.37. The average molecular weight is 560 g/mol. The minimum absolute atomic E-state index is 0.0609. The van der Waals surface area contributed by atoms with E-state index < -0.39 is 43.8 Å². The molecular weight excluding hydrogens is 518 g/mol. The van der Waals surface area contributed by atoms with Gasteiger partial charge in [0, 0.05) is 6.04 Å². The molecule has 1 aliphatic carbocycles. The van der Waals surface area contributed by atoms with E-state index in [2.05, 4.69) is 17.0 Å². The average Bonchev–Trinajstić information content (AvgIpc) is 2.84. The first-order valence-electron chi connectivity index (χ1n) is 13.4. The van der Waals surface area contributed by atoms with E-state index in [0.29, 0.717) is 11.5 Å². The highest BCUT2D eigenvalue weighted by molar-refractivity contribution is 7.89. The van der Waals surface area contributed by atoms with Crippen molar-refractivity contribution in [3.8, 4) is 11.3 Å². The van der Waals surface area contributed by atoms with Crippen LogP contribution in [0.3, 0.4) is 0 Å². The number of rotatable bonds is 8. The maximum atomic E-state index is 14.2. The number of carbonyl (C=O) groups excluding carboxylic acids is 1. The topological polar surface area (TPSA) is 135 Å². The summed E-state index contributed by atoms with van der Waals surface area (Å²) in [4.78, 5) is 39.8.